The van der Waals surface area contributed by atoms with Gasteiger partial charge in [0.25, 0.3) is 0 Å². The minimum absolute atomic E-state index is 0.259. The molecule has 0 aromatic heterocycles. The molecule has 3 heteroatoms. The van der Waals surface area contributed by atoms with Gasteiger partial charge in [0, 0.05) is 12.2 Å². The first-order valence-electron chi connectivity index (χ1n) is 8.39. The molecule has 0 spiro atoms. The van der Waals surface area contributed by atoms with Gasteiger partial charge in [-0.25, -0.2) is 4.79 Å². The Balaban J connectivity index is 1.64. The zero-order chi connectivity index (χ0) is 15.1. The third-order valence-corrected chi connectivity index (χ3v) is 6.16. The average molecular weight is 292 g/mol. The summed E-state index contributed by atoms with van der Waals surface area (Å²) >= 11 is 0. The Bertz CT molecular complexity index is 426. The van der Waals surface area contributed by atoms with E-state index in [1.165, 1.54) is 38.5 Å². The van der Waals surface area contributed by atoms with Gasteiger partial charge in [-0.2, -0.15) is 0 Å². The monoisotopic (exact) mass is 292 g/mol. The lowest BCUT2D eigenvalue weighted by atomic mass is 9.43. The lowest BCUT2D eigenvalue weighted by Crippen LogP contribution is -2.52. The van der Waals surface area contributed by atoms with Crippen LogP contribution in [0, 0.1) is 22.7 Å². The summed E-state index contributed by atoms with van der Waals surface area (Å²) in [6.07, 6.45) is 9.83. The predicted molar refractivity (Wildman–Crippen MR) is 81.6 cm³/mol. The fraction of sp³-hybridized carbons (Fsp3) is 0.833. The average Bonchev–Trinajstić information content (AvgIpc) is 2.36. The van der Waals surface area contributed by atoms with Gasteiger partial charge in [0.2, 0.25) is 0 Å². The van der Waals surface area contributed by atoms with E-state index in [4.69, 9.17) is 4.74 Å². The van der Waals surface area contributed by atoms with Crippen LogP contribution < -0.4 is 0 Å². The van der Waals surface area contributed by atoms with Gasteiger partial charge in [-0.15, -0.1) is 0 Å². The van der Waals surface area contributed by atoms with Crippen molar-refractivity contribution in [2.45, 2.75) is 58.3 Å². The van der Waals surface area contributed by atoms with Gasteiger partial charge >= 0.3 is 5.97 Å². The summed E-state index contributed by atoms with van der Waals surface area (Å²) in [5.41, 5.74) is 1.24. The van der Waals surface area contributed by atoms with E-state index in [1.54, 1.807) is 6.92 Å². The highest BCUT2D eigenvalue weighted by Crippen LogP contribution is 2.67. The van der Waals surface area contributed by atoms with E-state index in [2.05, 4.69) is 6.58 Å². The van der Waals surface area contributed by atoms with Crippen LogP contribution >= 0.6 is 0 Å². The molecule has 4 saturated carbocycles. The van der Waals surface area contributed by atoms with Crippen molar-refractivity contribution in [1.29, 1.82) is 0 Å². The van der Waals surface area contributed by atoms with E-state index in [0.29, 0.717) is 29.6 Å². The summed E-state index contributed by atoms with van der Waals surface area (Å²) in [5.74, 6) is 1.43. The van der Waals surface area contributed by atoms with E-state index >= 15 is 0 Å². The molecule has 0 saturated heterocycles. The molecule has 0 aliphatic heterocycles. The standard InChI is InChI=1S/C18H28O3/c1-13(2)16(20)21-6-4-18-10-14-7-15(11-18)9-17(8-14,12-18)3-5-19/h14-15,19H,1,3-12H2,2H3. The molecule has 1 N–H and O–H groups in total. The van der Waals surface area contributed by atoms with Crippen LogP contribution in [0.3, 0.4) is 0 Å². The van der Waals surface area contributed by atoms with Crippen LogP contribution in [0.15, 0.2) is 12.2 Å². The number of hydrogen-bond acceptors (Lipinski definition) is 3. The van der Waals surface area contributed by atoms with E-state index in [0.717, 1.165) is 24.7 Å². The van der Waals surface area contributed by atoms with Gasteiger partial charge in [-0.05, 0) is 81.0 Å². The number of esters is 1. The van der Waals surface area contributed by atoms with Gasteiger partial charge in [-0.1, -0.05) is 6.58 Å². The first-order valence-corrected chi connectivity index (χ1v) is 8.39. The maximum absolute atomic E-state index is 11.5. The predicted octanol–water partition coefficient (Wildman–Crippen LogP) is 3.46. The molecule has 4 fully saturated rings. The second-order valence-electron chi connectivity index (χ2n) is 8.10. The first-order chi connectivity index (χ1) is 9.96. The van der Waals surface area contributed by atoms with Crippen molar-refractivity contribution in [3.05, 3.63) is 12.2 Å². The van der Waals surface area contributed by atoms with Crippen LogP contribution in [0.1, 0.15) is 58.3 Å². The van der Waals surface area contributed by atoms with Gasteiger partial charge in [0.1, 0.15) is 0 Å². The Hall–Kier alpha value is -0.830. The molecule has 21 heavy (non-hydrogen) atoms. The molecule has 118 valence electrons. The zero-order valence-corrected chi connectivity index (χ0v) is 13.2. The second kappa shape index (κ2) is 5.42. The summed E-state index contributed by atoms with van der Waals surface area (Å²) in [4.78, 5) is 11.5. The molecule has 4 aliphatic rings. The third kappa shape index (κ3) is 2.90. The van der Waals surface area contributed by atoms with E-state index in [1.807, 2.05) is 0 Å². The fourth-order valence-corrected chi connectivity index (χ4v) is 5.96. The number of carbonyl (C=O) groups is 1. The van der Waals surface area contributed by atoms with Crippen LogP contribution in [0.2, 0.25) is 0 Å². The molecule has 0 radical (unpaired) electrons. The normalized spacial score (nSPS) is 40.3. The number of hydrogen-bond donors (Lipinski definition) is 1. The first kappa shape index (κ1) is 15.1. The molecule has 2 unspecified atom stereocenters. The van der Waals surface area contributed by atoms with Crippen LogP contribution in [0.4, 0.5) is 0 Å². The highest BCUT2D eigenvalue weighted by atomic mass is 16.5. The Morgan fingerprint density at radius 1 is 1.19 bits per heavy atom. The third-order valence-electron chi connectivity index (χ3n) is 6.16. The molecule has 3 nitrogen and oxygen atoms in total. The molecule has 0 amide bonds. The molecule has 2 atom stereocenters. The minimum Gasteiger partial charge on any atom is -0.462 e. The zero-order valence-electron chi connectivity index (χ0n) is 13.2. The molecule has 0 aromatic carbocycles. The number of rotatable bonds is 6. The summed E-state index contributed by atoms with van der Waals surface area (Å²) in [5, 5.41) is 9.44. The molecule has 4 rings (SSSR count). The highest BCUT2D eigenvalue weighted by Gasteiger charge is 2.56. The van der Waals surface area contributed by atoms with Crippen molar-refractivity contribution in [2.24, 2.45) is 22.7 Å². The minimum atomic E-state index is -0.259. The van der Waals surface area contributed by atoms with E-state index < -0.39 is 0 Å². The summed E-state index contributed by atoms with van der Waals surface area (Å²) in [6.45, 7) is 6.18. The number of carbonyl (C=O) groups excluding carboxylic acids is 1. The Labute approximate surface area is 127 Å². The molecular formula is C18H28O3. The number of aliphatic hydroxyl groups excluding tert-OH is 1. The fourth-order valence-electron chi connectivity index (χ4n) is 5.96. The number of aliphatic hydroxyl groups is 1. The molecule has 4 bridgehead atoms. The van der Waals surface area contributed by atoms with Crippen LogP contribution in [0.25, 0.3) is 0 Å². The van der Waals surface area contributed by atoms with E-state index in [-0.39, 0.29) is 5.97 Å². The molecular weight excluding hydrogens is 264 g/mol. The van der Waals surface area contributed by atoms with Gasteiger partial charge in [-0.3, -0.25) is 0 Å². The molecule has 0 aromatic rings. The van der Waals surface area contributed by atoms with Gasteiger partial charge < -0.3 is 9.84 Å². The lowest BCUT2D eigenvalue weighted by Gasteiger charge is -2.62. The SMILES string of the molecule is C=C(C)C(=O)OCCC12CC3CC(CC(CCO)(C3)C1)C2. The Kier molecular flexibility index (Phi) is 3.89. The summed E-state index contributed by atoms with van der Waals surface area (Å²) in [6, 6.07) is 0. The maximum atomic E-state index is 11.5. The van der Waals surface area contributed by atoms with Crippen LogP contribution in [-0.2, 0) is 9.53 Å². The molecule has 0 heterocycles. The van der Waals surface area contributed by atoms with Crippen LogP contribution in [-0.4, -0.2) is 24.3 Å². The van der Waals surface area contributed by atoms with Gasteiger partial charge in [0.05, 0.1) is 6.61 Å². The Morgan fingerprint density at radius 3 is 2.29 bits per heavy atom. The van der Waals surface area contributed by atoms with Crippen molar-refractivity contribution in [3.63, 3.8) is 0 Å². The summed E-state index contributed by atoms with van der Waals surface area (Å²) < 4.78 is 5.35. The highest BCUT2D eigenvalue weighted by molar-refractivity contribution is 5.86. The molecule has 4 aliphatic carbocycles. The Morgan fingerprint density at radius 2 is 1.76 bits per heavy atom. The smallest absolute Gasteiger partial charge is 0.333 e. The van der Waals surface area contributed by atoms with Crippen molar-refractivity contribution in [1.82, 2.24) is 0 Å². The maximum Gasteiger partial charge on any atom is 0.333 e. The lowest BCUT2D eigenvalue weighted by molar-refractivity contribution is -0.146. The largest absolute Gasteiger partial charge is 0.462 e. The van der Waals surface area contributed by atoms with E-state index in [9.17, 15) is 9.90 Å². The van der Waals surface area contributed by atoms with Crippen molar-refractivity contribution in [2.75, 3.05) is 13.2 Å². The van der Waals surface area contributed by atoms with Crippen molar-refractivity contribution in [3.8, 4) is 0 Å². The van der Waals surface area contributed by atoms with Gasteiger partial charge in [0.15, 0.2) is 0 Å². The quantitative estimate of drug-likeness (QED) is 0.602. The topological polar surface area (TPSA) is 46.5 Å². The number of ether oxygens (including phenoxy) is 1. The summed E-state index contributed by atoms with van der Waals surface area (Å²) in [7, 11) is 0. The van der Waals surface area contributed by atoms with Crippen molar-refractivity contribution < 1.29 is 14.6 Å². The second-order valence-corrected chi connectivity index (χ2v) is 8.10. The van der Waals surface area contributed by atoms with Crippen molar-refractivity contribution >= 4 is 5.97 Å². The van der Waals surface area contributed by atoms with Crippen LogP contribution in [0.5, 0.6) is 0 Å².